The second-order valence-corrected chi connectivity index (χ2v) is 11.7. The quantitative estimate of drug-likeness (QED) is 0.305. The zero-order valence-corrected chi connectivity index (χ0v) is 18.3. The third kappa shape index (κ3) is 5.71. The number of benzene rings is 2. The summed E-state index contributed by atoms with van der Waals surface area (Å²) in [4.78, 5) is -1.65. The third-order valence-corrected chi connectivity index (χ3v) is 7.04. The van der Waals surface area contributed by atoms with E-state index < -0.39 is 61.9 Å². The molecule has 180 valence electrons. The molecule has 0 aliphatic rings. The van der Waals surface area contributed by atoms with Gasteiger partial charge in [-0.3, -0.25) is 0 Å². The molecule has 0 fully saturated rings. The van der Waals surface area contributed by atoms with E-state index in [4.69, 9.17) is 5.26 Å². The second-order valence-electron chi connectivity index (χ2n) is 6.14. The molecular formula is C16H10F7N3O4S3. The maximum absolute atomic E-state index is 14.9. The molecule has 0 atom stereocenters. The predicted octanol–water partition coefficient (Wildman–Crippen LogP) is 4.90. The van der Waals surface area contributed by atoms with E-state index in [9.17, 15) is 46.1 Å². The van der Waals surface area contributed by atoms with Crippen LogP contribution in [0.4, 0.5) is 40.6 Å². The van der Waals surface area contributed by atoms with Gasteiger partial charge < -0.3 is 0 Å². The zero-order valence-electron chi connectivity index (χ0n) is 15.9. The number of alkyl halides is 3. The van der Waals surface area contributed by atoms with E-state index in [0.29, 0.717) is 23.5 Å². The molecule has 2 aromatic rings. The van der Waals surface area contributed by atoms with Gasteiger partial charge >= 0.3 is 5.51 Å². The van der Waals surface area contributed by atoms with Crippen LogP contribution in [0.5, 0.6) is 0 Å². The van der Waals surface area contributed by atoms with Crippen molar-refractivity contribution in [1.29, 1.82) is 5.26 Å². The van der Waals surface area contributed by atoms with Crippen molar-refractivity contribution in [2.45, 2.75) is 10.4 Å². The number of sulfone groups is 1. The van der Waals surface area contributed by atoms with Crippen LogP contribution in [-0.4, -0.2) is 33.8 Å². The lowest BCUT2D eigenvalue weighted by atomic mass is 10.2. The van der Waals surface area contributed by atoms with Crippen LogP contribution in [0.3, 0.4) is 0 Å². The van der Waals surface area contributed by atoms with Gasteiger partial charge in [0.2, 0.25) is 0 Å². The van der Waals surface area contributed by atoms with Crippen LogP contribution >= 0.6 is 10.1 Å². The molecule has 0 spiro atoms. The molecule has 0 aliphatic carbocycles. The molecule has 2 aromatic carbocycles. The van der Waals surface area contributed by atoms with Crippen molar-refractivity contribution in [2.24, 2.45) is 4.40 Å². The van der Waals surface area contributed by atoms with Crippen molar-refractivity contribution in [3.63, 3.8) is 0 Å². The number of hydrogen-bond acceptors (Lipinski definition) is 6. The average molecular weight is 537 g/mol. The summed E-state index contributed by atoms with van der Waals surface area (Å²) in [6.07, 6.45) is 0.326. The number of hydrogen-bond donors (Lipinski definition) is 0. The van der Waals surface area contributed by atoms with E-state index in [1.807, 2.05) is 0 Å². The second kappa shape index (κ2) is 8.13. The minimum atomic E-state index is -7.93. The highest BCUT2D eigenvalue weighted by molar-refractivity contribution is 8.36. The number of nitrogens with zero attached hydrogens (tertiary/aromatic N) is 3. The summed E-state index contributed by atoms with van der Waals surface area (Å²) in [6.45, 7) is 0. The number of halogens is 7. The van der Waals surface area contributed by atoms with Crippen LogP contribution in [0.2, 0.25) is 0 Å². The van der Waals surface area contributed by atoms with Gasteiger partial charge in [0.15, 0.2) is 0 Å². The number of rotatable bonds is 5. The van der Waals surface area contributed by atoms with Gasteiger partial charge in [-0.1, -0.05) is 0 Å². The molecule has 0 heterocycles. The summed E-state index contributed by atoms with van der Waals surface area (Å²) in [7, 11) is -18.6. The lowest BCUT2D eigenvalue weighted by molar-refractivity contribution is -0.0436. The fourth-order valence-corrected chi connectivity index (χ4v) is 5.07. The van der Waals surface area contributed by atoms with Gasteiger partial charge in [0, 0.05) is 0 Å². The number of anilines is 2. The van der Waals surface area contributed by atoms with E-state index >= 15 is 0 Å². The highest BCUT2D eigenvalue weighted by Gasteiger charge is 2.48. The molecule has 7 nitrogen and oxygen atoms in total. The Morgan fingerprint density at radius 3 is 1.97 bits per heavy atom. The number of isothiocyanates is 1. The Morgan fingerprint density at radius 1 is 1.00 bits per heavy atom. The monoisotopic (exact) mass is 537 g/mol. The van der Waals surface area contributed by atoms with Gasteiger partial charge in [-0.15, -0.1) is 16.1 Å². The van der Waals surface area contributed by atoms with Crippen molar-refractivity contribution < 1.29 is 46.1 Å². The van der Waals surface area contributed by atoms with Crippen molar-refractivity contribution >= 4 is 46.5 Å². The lowest BCUT2D eigenvalue weighted by Gasteiger charge is -2.35. The minimum absolute atomic E-state index is 0.103. The fourth-order valence-electron chi connectivity index (χ4n) is 2.26. The van der Waals surface area contributed by atoms with Crippen molar-refractivity contribution in [2.75, 3.05) is 10.6 Å². The van der Waals surface area contributed by atoms with Gasteiger partial charge in [-0.25, -0.2) is 25.5 Å². The van der Waals surface area contributed by atoms with Crippen LogP contribution in [0.15, 0.2) is 51.8 Å². The summed E-state index contributed by atoms with van der Waals surface area (Å²) in [5.74, 6) is -2.03. The highest BCUT2D eigenvalue weighted by Crippen LogP contribution is 2.70. The molecule has 0 bridgehead atoms. The van der Waals surface area contributed by atoms with Gasteiger partial charge in [-0.05, 0) is 42.5 Å². The molecule has 0 saturated carbocycles. The van der Waals surface area contributed by atoms with Crippen molar-refractivity contribution in [1.82, 2.24) is 0 Å². The smallest absolute Gasteiger partial charge is 0.229 e. The first-order chi connectivity index (χ1) is 14.8. The standard InChI is InChI=1S/C16H10F7N3O4S3/c1-31(27,28)25-10-33(21,22,23)26(12-4-2-11(9-24)3-5-12)15-7-6-13(8-14(15)17)32(29,30)16(18,19)20/h2-8H,1H3. The van der Waals surface area contributed by atoms with Crippen LogP contribution in [0, 0.1) is 17.1 Å². The molecule has 0 aromatic heterocycles. The molecule has 0 N–H and O–H groups in total. The number of sulfonamides is 1. The average Bonchev–Trinajstić information content (AvgIpc) is 2.66. The largest absolute Gasteiger partial charge is 0.501 e. The van der Waals surface area contributed by atoms with E-state index in [1.54, 1.807) is 6.07 Å². The third-order valence-electron chi connectivity index (χ3n) is 3.63. The fraction of sp³-hybridized carbons (Fsp3) is 0.125. The molecule has 0 unspecified atom stereocenters. The Hall–Kier alpha value is -2.93. The summed E-state index contributed by atoms with van der Waals surface area (Å²) >= 11 is 0. The van der Waals surface area contributed by atoms with E-state index in [2.05, 4.69) is 4.40 Å². The van der Waals surface area contributed by atoms with Gasteiger partial charge in [0.25, 0.3) is 30.0 Å². The highest BCUT2D eigenvalue weighted by atomic mass is 32.4. The molecule has 0 amide bonds. The van der Waals surface area contributed by atoms with Crippen molar-refractivity contribution in [3.05, 3.63) is 53.8 Å². The van der Waals surface area contributed by atoms with Crippen LogP contribution < -0.4 is 4.31 Å². The first kappa shape index (κ1) is 26.3. The summed E-state index contributed by atoms with van der Waals surface area (Å²) in [5.41, 5.74) is -8.30. The Balaban J connectivity index is 2.91. The summed E-state index contributed by atoms with van der Waals surface area (Å²) in [6, 6.07) is 4.81. The molecule has 2 rings (SSSR count). The summed E-state index contributed by atoms with van der Waals surface area (Å²) < 4.78 is 144. The Labute approximate surface area is 183 Å². The van der Waals surface area contributed by atoms with Gasteiger partial charge in [0.1, 0.15) is 11.0 Å². The zero-order chi connectivity index (χ0) is 25.5. The normalized spacial score (nSPS) is 13.8. The molecule has 33 heavy (non-hydrogen) atoms. The topological polar surface area (TPSA) is 108 Å². The van der Waals surface area contributed by atoms with Gasteiger partial charge in [-0.2, -0.15) is 18.4 Å². The minimum Gasteiger partial charge on any atom is -0.229 e. The van der Waals surface area contributed by atoms with Gasteiger partial charge in [0.05, 0.1) is 34.2 Å². The summed E-state index contributed by atoms with van der Waals surface area (Å²) in [5, 5.41) is 9.34. The SMILES string of the molecule is CS(=O)(=O)N=C=S(F)(F)(F)N(c1ccc(C#N)cc1)c1ccc(S(=O)(=O)C(F)(F)F)cc1F. The predicted molar refractivity (Wildman–Crippen MR) is 106 cm³/mol. The Morgan fingerprint density at radius 2 is 1.55 bits per heavy atom. The van der Waals surface area contributed by atoms with E-state index in [1.165, 1.54) is 0 Å². The maximum Gasteiger partial charge on any atom is 0.501 e. The lowest BCUT2D eigenvalue weighted by Crippen LogP contribution is -2.24. The first-order valence-electron chi connectivity index (χ1n) is 7.98. The molecule has 17 heteroatoms. The first-order valence-corrected chi connectivity index (χ1v) is 13.0. The van der Waals surface area contributed by atoms with E-state index in [0.717, 1.165) is 12.1 Å². The van der Waals surface area contributed by atoms with Crippen molar-refractivity contribution in [3.8, 4) is 6.07 Å². The van der Waals surface area contributed by atoms with Crippen LogP contribution in [0.1, 0.15) is 5.56 Å². The number of nitriles is 1. The van der Waals surface area contributed by atoms with E-state index in [-0.39, 0.29) is 23.8 Å². The molecule has 0 saturated heterocycles. The molecular weight excluding hydrogens is 527 g/mol. The van der Waals surface area contributed by atoms with Crippen LogP contribution in [0.25, 0.3) is 0 Å². The Bertz CT molecular complexity index is 1460. The van der Waals surface area contributed by atoms with Crippen LogP contribution in [-0.2, 0) is 19.9 Å². The molecule has 0 aliphatic heterocycles. The molecule has 0 radical (unpaired) electrons. The maximum atomic E-state index is 14.9. The Kier molecular flexibility index (Phi) is 6.49.